The van der Waals surface area contributed by atoms with E-state index in [4.69, 9.17) is 4.74 Å². The normalized spacial score (nSPS) is 12.3. The molecule has 1 heteroatoms. The molecule has 0 aliphatic heterocycles. The van der Waals surface area contributed by atoms with Crippen molar-refractivity contribution in [2.45, 2.75) is 38.9 Å². The summed E-state index contributed by atoms with van der Waals surface area (Å²) < 4.78 is 5.74. The molecule has 1 rings (SSSR count). The third-order valence-corrected chi connectivity index (χ3v) is 2.40. The molecule has 0 aliphatic carbocycles. The van der Waals surface area contributed by atoms with Gasteiger partial charge in [0, 0.05) is 0 Å². The first kappa shape index (κ1) is 12.0. The van der Waals surface area contributed by atoms with Gasteiger partial charge in [-0.1, -0.05) is 36.4 Å². The second-order valence-electron chi connectivity index (χ2n) is 3.83. The van der Waals surface area contributed by atoms with Gasteiger partial charge in [0.25, 0.3) is 0 Å². The summed E-state index contributed by atoms with van der Waals surface area (Å²) in [4.78, 5) is 0. The van der Waals surface area contributed by atoms with Crippen LogP contribution in [0.5, 0.6) is 0 Å². The van der Waals surface area contributed by atoms with E-state index in [1.807, 2.05) is 24.3 Å². The standard InChI is InChI=1S/C14H20O/c1-3-4-6-9-13(2)15-12-14-10-7-5-8-11-14/h3,5,7-8,10-11,13H,1,4,6,9,12H2,2H3/t13-/m1/s1. The van der Waals surface area contributed by atoms with Gasteiger partial charge in [-0.2, -0.15) is 0 Å². The Hall–Kier alpha value is -1.08. The number of allylic oxidation sites excluding steroid dienone is 1. The van der Waals surface area contributed by atoms with Gasteiger partial charge in [-0.25, -0.2) is 0 Å². The molecule has 0 saturated heterocycles. The van der Waals surface area contributed by atoms with Crippen LogP contribution < -0.4 is 0 Å². The quantitative estimate of drug-likeness (QED) is 0.482. The van der Waals surface area contributed by atoms with E-state index in [-0.39, 0.29) is 0 Å². The predicted octanol–water partition coefficient (Wildman–Crippen LogP) is 3.95. The van der Waals surface area contributed by atoms with Gasteiger partial charge in [0.05, 0.1) is 12.7 Å². The van der Waals surface area contributed by atoms with Crippen LogP contribution in [-0.4, -0.2) is 6.10 Å². The van der Waals surface area contributed by atoms with Crippen molar-refractivity contribution in [1.82, 2.24) is 0 Å². The predicted molar refractivity (Wildman–Crippen MR) is 64.7 cm³/mol. The molecule has 1 atom stereocenters. The Bertz CT molecular complexity index is 266. The molecule has 0 bridgehead atoms. The number of unbranched alkanes of at least 4 members (excludes halogenated alkanes) is 1. The molecule has 0 aromatic heterocycles. The van der Waals surface area contributed by atoms with Crippen molar-refractivity contribution in [1.29, 1.82) is 0 Å². The highest BCUT2D eigenvalue weighted by molar-refractivity contribution is 5.13. The summed E-state index contributed by atoms with van der Waals surface area (Å²) in [5.41, 5.74) is 1.24. The summed E-state index contributed by atoms with van der Waals surface area (Å²) in [5.74, 6) is 0. The van der Waals surface area contributed by atoms with Crippen molar-refractivity contribution in [2.24, 2.45) is 0 Å². The molecular weight excluding hydrogens is 184 g/mol. The fraction of sp³-hybridized carbons (Fsp3) is 0.429. The molecule has 0 amide bonds. The van der Waals surface area contributed by atoms with E-state index in [1.54, 1.807) is 0 Å². The molecule has 0 N–H and O–H groups in total. The average molecular weight is 204 g/mol. The highest BCUT2D eigenvalue weighted by Gasteiger charge is 2.01. The lowest BCUT2D eigenvalue weighted by Crippen LogP contribution is -2.07. The fourth-order valence-corrected chi connectivity index (χ4v) is 1.45. The Morgan fingerprint density at radius 1 is 1.33 bits per heavy atom. The second-order valence-corrected chi connectivity index (χ2v) is 3.83. The van der Waals surface area contributed by atoms with Crippen LogP contribution >= 0.6 is 0 Å². The van der Waals surface area contributed by atoms with Gasteiger partial charge < -0.3 is 4.74 Å². The zero-order valence-electron chi connectivity index (χ0n) is 9.49. The minimum absolute atomic E-state index is 0.338. The van der Waals surface area contributed by atoms with E-state index in [0.29, 0.717) is 6.10 Å². The number of hydrogen-bond acceptors (Lipinski definition) is 1. The Kier molecular flexibility index (Phi) is 5.79. The number of rotatable bonds is 7. The van der Waals surface area contributed by atoms with Crippen molar-refractivity contribution < 1.29 is 4.74 Å². The lowest BCUT2D eigenvalue weighted by Gasteiger charge is -2.12. The van der Waals surface area contributed by atoms with Crippen LogP contribution in [0.3, 0.4) is 0 Å². The molecule has 1 nitrogen and oxygen atoms in total. The van der Waals surface area contributed by atoms with Gasteiger partial charge >= 0.3 is 0 Å². The van der Waals surface area contributed by atoms with E-state index in [1.165, 1.54) is 12.0 Å². The topological polar surface area (TPSA) is 9.23 Å². The maximum atomic E-state index is 5.74. The van der Waals surface area contributed by atoms with Gasteiger partial charge in [0.1, 0.15) is 0 Å². The second kappa shape index (κ2) is 7.24. The van der Waals surface area contributed by atoms with E-state index >= 15 is 0 Å². The van der Waals surface area contributed by atoms with Gasteiger partial charge in [-0.05, 0) is 31.7 Å². The van der Waals surface area contributed by atoms with Crippen LogP contribution in [-0.2, 0) is 11.3 Å². The molecule has 1 aromatic carbocycles. The monoisotopic (exact) mass is 204 g/mol. The number of hydrogen-bond donors (Lipinski definition) is 0. The van der Waals surface area contributed by atoms with Crippen molar-refractivity contribution in [3.05, 3.63) is 48.6 Å². The van der Waals surface area contributed by atoms with Crippen molar-refractivity contribution in [3.8, 4) is 0 Å². The Morgan fingerprint density at radius 2 is 2.07 bits per heavy atom. The van der Waals surface area contributed by atoms with Crippen molar-refractivity contribution >= 4 is 0 Å². The smallest absolute Gasteiger partial charge is 0.0720 e. The Labute approximate surface area is 92.8 Å². The highest BCUT2D eigenvalue weighted by Crippen LogP contribution is 2.08. The molecule has 0 heterocycles. The van der Waals surface area contributed by atoms with Crippen LogP contribution in [0, 0.1) is 0 Å². The lowest BCUT2D eigenvalue weighted by atomic mass is 10.1. The van der Waals surface area contributed by atoms with Crippen LogP contribution in [0.25, 0.3) is 0 Å². The first-order valence-corrected chi connectivity index (χ1v) is 5.59. The SMILES string of the molecule is C=CCCC[C@@H](C)OCc1ccccc1. The maximum Gasteiger partial charge on any atom is 0.0720 e. The van der Waals surface area contributed by atoms with Crippen LogP contribution in [0.1, 0.15) is 31.7 Å². The number of ether oxygens (including phenoxy) is 1. The average Bonchev–Trinajstić information content (AvgIpc) is 2.28. The molecule has 0 spiro atoms. The van der Waals surface area contributed by atoms with Gasteiger partial charge in [0.2, 0.25) is 0 Å². The van der Waals surface area contributed by atoms with Gasteiger partial charge in [-0.3, -0.25) is 0 Å². The highest BCUT2D eigenvalue weighted by atomic mass is 16.5. The first-order valence-electron chi connectivity index (χ1n) is 5.59. The summed E-state index contributed by atoms with van der Waals surface area (Å²) in [6, 6.07) is 10.3. The first-order chi connectivity index (χ1) is 7.33. The minimum atomic E-state index is 0.338. The van der Waals surface area contributed by atoms with E-state index in [2.05, 4.69) is 25.6 Å². The Balaban J connectivity index is 2.16. The summed E-state index contributed by atoms with van der Waals surface area (Å²) in [6.07, 6.45) is 5.66. The molecular formula is C14H20O. The maximum absolute atomic E-state index is 5.74. The zero-order valence-corrected chi connectivity index (χ0v) is 9.49. The zero-order chi connectivity index (χ0) is 10.9. The summed E-state index contributed by atoms with van der Waals surface area (Å²) in [7, 11) is 0. The third-order valence-electron chi connectivity index (χ3n) is 2.40. The molecule has 1 aromatic rings. The van der Waals surface area contributed by atoms with E-state index in [0.717, 1.165) is 19.4 Å². The minimum Gasteiger partial charge on any atom is -0.374 e. The lowest BCUT2D eigenvalue weighted by molar-refractivity contribution is 0.0465. The van der Waals surface area contributed by atoms with Gasteiger partial charge in [0.15, 0.2) is 0 Å². The van der Waals surface area contributed by atoms with Crippen molar-refractivity contribution in [3.63, 3.8) is 0 Å². The van der Waals surface area contributed by atoms with Crippen LogP contribution in [0.2, 0.25) is 0 Å². The van der Waals surface area contributed by atoms with E-state index < -0.39 is 0 Å². The molecule has 0 aliphatic rings. The fourth-order valence-electron chi connectivity index (χ4n) is 1.45. The summed E-state index contributed by atoms with van der Waals surface area (Å²) >= 11 is 0. The van der Waals surface area contributed by atoms with E-state index in [9.17, 15) is 0 Å². The largest absolute Gasteiger partial charge is 0.374 e. The molecule has 0 saturated carbocycles. The third kappa shape index (κ3) is 5.38. The van der Waals surface area contributed by atoms with Crippen LogP contribution in [0.15, 0.2) is 43.0 Å². The summed E-state index contributed by atoms with van der Waals surface area (Å²) in [6.45, 7) is 6.56. The molecule has 0 unspecified atom stereocenters. The Morgan fingerprint density at radius 3 is 2.73 bits per heavy atom. The molecule has 0 fully saturated rings. The number of benzene rings is 1. The van der Waals surface area contributed by atoms with Crippen molar-refractivity contribution in [2.75, 3.05) is 0 Å². The molecule has 15 heavy (non-hydrogen) atoms. The van der Waals surface area contributed by atoms with Crippen LogP contribution in [0.4, 0.5) is 0 Å². The van der Waals surface area contributed by atoms with Gasteiger partial charge in [-0.15, -0.1) is 6.58 Å². The molecule has 82 valence electrons. The molecule has 0 radical (unpaired) electrons. The summed E-state index contributed by atoms with van der Waals surface area (Å²) in [5, 5.41) is 0.